The molecule has 19 heavy (non-hydrogen) atoms. The molecule has 0 amide bonds. The Bertz CT molecular complexity index is 472. The summed E-state index contributed by atoms with van der Waals surface area (Å²) in [6.45, 7) is 0.895. The molecule has 0 saturated heterocycles. The SMILES string of the molecule is CN(Cc1ccc([N+](=O)[O-])cc1)[C@@H]1CC2CCC1C2. The normalized spacial score (nSPS) is 29.1. The van der Waals surface area contributed by atoms with Gasteiger partial charge in [0.2, 0.25) is 0 Å². The predicted octanol–water partition coefficient (Wildman–Crippen LogP) is 3.22. The first-order valence-electron chi connectivity index (χ1n) is 7.07. The summed E-state index contributed by atoms with van der Waals surface area (Å²) in [5.41, 5.74) is 1.34. The van der Waals surface area contributed by atoms with Gasteiger partial charge >= 0.3 is 0 Å². The highest BCUT2D eigenvalue weighted by molar-refractivity contribution is 5.32. The Morgan fingerprint density at radius 2 is 2.00 bits per heavy atom. The second-order valence-electron chi connectivity index (χ2n) is 6.08. The first-order valence-corrected chi connectivity index (χ1v) is 7.07. The minimum absolute atomic E-state index is 0.173. The van der Waals surface area contributed by atoms with E-state index in [4.69, 9.17) is 0 Å². The molecule has 3 atom stereocenters. The molecule has 0 N–H and O–H groups in total. The van der Waals surface area contributed by atoms with Crippen LogP contribution in [0.15, 0.2) is 24.3 Å². The molecule has 102 valence electrons. The van der Waals surface area contributed by atoms with Crippen LogP contribution in [-0.4, -0.2) is 22.9 Å². The molecular formula is C15H20N2O2. The highest BCUT2D eigenvalue weighted by Crippen LogP contribution is 2.46. The Morgan fingerprint density at radius 1 is 1.26 bits per heavy atom. The molecule has 3 rings (SSSR count). The van der Waals surface area contributed by atoms with Crippen molar-refractivity contribution in [2.24, 2.45) is 11.8 Å². The molecule has 2 bridgehead atoms. The van der Waals surface area contributed by atoms with Crippen molar-refractivity contribution in [3.8, 4) is 0 Å². The van der Waals surface area contributed by atoms with E-state index in [2.05, 4.69) is 11.9 Å². The molecule has 0 heterocycles. The van der Waals surface area contributed by atoms with Gasteiger partial charge in [-0.2, -0.15) is 0 Å². The minimum atomic E-state index is -0.344. The standard InChI is InChI=1S/C15H20N2O2/c1-16(15-9-12-2-5-13(15)8-12)10-11-3-6-14(7-4-11)17(18)19/h3-4,6-7,12-13,15H,2,5,8-10H2,1H3/t12?,13?,15-/m1/s1. The maximum absolute atomic E-state index is 10.6. The van der Waals surface area contributed by atoms with Gasteiger partial charge in [-0.25, -0.2) is 0 Å². The van der Waals surface area contributed by atoms with Gasteiger partial charge in [0.05, 0.1) is 4.92 Å². The summed E-state index contributed by atoms with van der Waals surface area (Å²) in [5.74, 6) is 1.84. The lowest BCUT2D eigenvalue weighted by Gasteiger charge is -2.31. The number of nitrogens with zero attached hydrogens (tertiary/aromatic N) is 2. The van der Waals surface area contributed by atoms with Crippen molar-refractivity contribution >= 4 is 5.69 Å². The van der Waals surface area contributed by atoms with E-state index in [1.165, 1.54) is 25.7 Å². The Balaban J connectivity index is 1.63. The van der Waals surface area contributed by atoms with Crippen molar-refractivity contribution < 1.29 is 4.92 Å². The number of hydrogen-bond donors (Lipinski definition) is 0. The maximum Gasteiger partial charge on any atom is 0.269 e. The molecule has 0 spiro atoms. The quantitative estimate of drug-likeness (QED) is 0.617. The van der Waals surface area contributed by atoms with E-state index < -0.39 is 0 Å². The summed E-state index contributed by atoms with van der Waals surface area (Å²) >= 11 is 0. The van der Waals surface area contributed by atoms with E-state index in [0.717, 1.165) is 23.9 Å². The fraction of sp³-hybridized carbons (Fsp3) is 0.600. The van der Waals surface area contributed by atoms with Crippen LogP contribution in [0.2, 0.25) is 0 Å². The molecule has 2 unspecified atom stereocenters. The average molecular weight is 260 g/mol. The summed E-state index contributed by atoms with van der Waals surface area (Å²) in [4.78, 5) is 12.7. The molecule has 2 fully saturated rings. The molecule has 1 aromatic rings. The van der Waals surface area contributed by atoms with Gasteiger partial charge in [-0.1, -0.05) is 18.6 Å². The van der Waals surface area contributed by atoms with Crippen molar-refractivity contribution in [3.63, 3.8) is 0 Å². The lowest BCUT2D eigenvalue weighted by molar-refractivity contribution is -0.384. The largest absolute Gasteiger partial charge is 0.299 e. The van der Waals surface area contributed by atoms with Gasteiger partial charge in [0.15, 0.2) is 0 Å². The first-order chi connectivity index (χ1) is 9.13. The Morgan fingerprint density at radius 3 is 2.53 bits per heavy atom. The van der Waals surface area contributed by atoms with Crippen LogP contribution in [-0.2, 0) is 6.54 Å². The van der Waals surface area contributed by atoms with Crippen LogP contribution < -0.4 is 0 Å². The fourth-order valence-electron chi connectivity index (χ4n) is 3.88. The van der Waals surface area contributed by atoms with E-state index in [1.54, 1.807) is 12.1 Å². The monoisotopic (exact) mass is 260 g/mol. The van der Waals surface area contributed by atoms with E-state index in [-0.39, 0.29) is 10.6 Å². The van der Waals surface area contributed by atoms with E-state index in [0.29, 0.717) is 6.04 Å². The van der Waals surface area contributed by atoms with Crippen LogP contribution in [0.5, 0.6) is 0 Å². The fourth-order valence-corrected chi connectivity index (χ4v) is 3.88. The number of hydrogen-bond acceptors (Lipinski definition) is 3. The third-order valence-corrected chi connectivity index (χ3v) is 4.85. The van der Waals surface area contributed by atoms with Crippen LogP contribution in [0.4, 0.5) is 5.69 Å². The topological polar surface area (TPSA) is 46.4 Å². The molecule has 4 heteroatoms. The number of non-ortho nitro benzene ring substituents is 1. The Kier molecular flexibility index (Phi) is 3.27. The first kappa shape index (κ1) is 12.6. The van der Waals surface area contributed by atoms with Crippen LogP contribution in [0, 0.1) is 22.0 Å². The van der Waals surface area contributed by atoms with E-state index in [9.17, 15) is 10.1 Å². The predicted molar refractivity (Wildman–Crippen MR) is 73.8 cm³/mol. The van der Waals surface area contributed by atoms with Gasteiger partial charge in [0.25, 0.3) is 5.69 Å². The lowest BCUT2D eigenvalue weighted by atomic mass is 9.94. The van der Waals surface area contributed by atoms with Crippen molar-refractivity contribution in [2.45, 2.75) is 38.3 Å². The van der Waals surface area contributed by atoms with Crippen LogP contribution >= 0.6 is 0 Å². The van der Waals surface area contributed by atoms with Gasteiger partial charge < -0.3 is 0 Å². The van der Waals surface area contributed by atoms with Crippen LogP contribution in [0.3, 0.4) is 0 Å². The number of rotatable bonds is 4. The molecule has 2 aliphatic rings. The van der Waals surface area contributed by atoms with E-state index >= 15 is 0 Å². The average Bonchev–Trinajstić information content (AvgIpc) is 3.01. The second-order valence-corrected chi connectivity index (χ2v) is 6.08. The van der Waals surface area contributed by atoms with Crippen molar-refractivity contribution in [1.82, 2.24) is 4.90 Å². The molecule has 0 aliphatic heterocycles. The van der Waals surface area contributed by atoms with Crippen molar-refractivity contribution in [1.29, 1.82) is 0 Å². The van der Waals surface area contributed by atoms with Gasteiger partial charge in [-0.05, 0) is 43.7 Å². The van der Waals surface area contributed by atoms with Crippen LogP contribution in [0.25, 0.3) is 0 Å². The summed E-state index contributed by atoms with van der Waals surface area (Å²) < 4.78 is 0. The molecule has 1 aromatic carbocycles. The number of benzene rings is 1. The lowest BCUT2D eigenvalue weighted by Crippen LogP contribution is -2.35. The third kappa shape index (κ3) is 2.50. The number of fused-ring (bicyclic) bond motifs is 2. The van der Waals surface area contributed by atoms with Gasteiger partial charge in [-0.15, -0.1) is 0 Å². The highest BCUT2D eigenvalue weighted by atomic mass is 16.6. The third-order valence-electron chi connectivity index (χ3n) is 4.85. The molecule has 2 aliphatic carbocycles. The molecule has 2 saturated carbocycles. The van der Waals surface area contributed by atoms with Gasteiger partial charge in [0, 0.05) is 24.7 Å². The number of nitro benzene ring substituents is 1. The Labute approximate surface area is 113 Å². The maximum atomic E-state index is 10.6. The van der Waals surface area contributed by atoms with Gasteiger partial charge in [0.1, 0.15) is 0 Å². The zero-order valence-electron chi connectivity index (χ0n) is 11.3. The van der Waals surface area contributed by atoms with Gasteiger partial charge in [-0.3, -0.25) is 15.0 Å². The summed E-state index contributed by atoms with van der Waals surface area (Å²) in [7, 11) is 2.19. The second kappa shape index (κ2) is 4.93. The van der Waals surface area contributed by atoms with E-state index in [1.807, 2.05) is 12.1 Å². The smallest absolute Gasteiger partial charge is 0.269 e. The molecule has 0 aromatic heterocycles. The molecular weight excluding hydrogens is 240 g/mol. The van der Waals surface area contributed by atoms with Crippen molar-refractivity contribution in [2.75, 3.05) is 7.05 Å². The van der Waals surface area contributed by atoms with Crippen molar-refractivity contribution in [3.05, 3.63) is 39.9 Å². The molecule has 4 nitrogen and oxygen atoms in total. The zero-order chi connectivity index (χ0) is 13.4. The minimum Gasteiger partial charge on any atom is -0.299 e. The van der Waals surface area contributed by atoms with Crippen LogP contribution in [0.1, 0.15) is 31.2 Å². The Hall–Kier alpha value is -1.42. The highest BCUT2D eigenvalue weighted by Gasteiger charge is 2.41. The molecule has 0 radical (unpaired) electrons. The zero-order valence-corrected chi connectivity index (χ0v) is 11.3. The summed E-state index contributed by atoms with van der Waals surface area (Å²) in [6.07, 6.45) is 5.57. The number of nitro groups is 1. The summed E-state index contributed by atoms with van der Waals surface area (Å²) in [6, 6.07) is 7.67. The summed E-state index contributed by atoms with van der Waals surface area (Å²) in [5, 5.41) is 10.6.